The Morgan fingerprint density at radius 1 is 0.667 bits per heavy atom. The first-order valence-electron chi connectivity index (χ1n) is 8.81. The maximum absolute atomic E-state index is 13.5. The van der Waals surface area contributed by atoms with Crippen molar-refractivity contribution < 1.29 is 13.6 Å². The summed E-state index contributed by atoms with van der Waals surface area (Å²) in [6, 6.07) is 20.5. The number of benzene rings is 3. The maximum atomic E-state index is 13.5. The van der Waals surface area contributed by atoms with Gasteiger partial charge >= 0.3 is 7.75 Å². The van der Waals surface area contributed by atoms with Crippen LogP contribution in [0.4, 0.5) is 5.69 Å². The summed E-state index contributed by atoms with van der Waals surface area (Å²) in [6.07, 6.45) is 0. The molecule has 0 saturated carbocycles. The lowest BCUT2D eigenvalue weighted by molar-refractivity contribution is 0.393. The van der Waals surface area contributed by atoms with Gasteiger partial charge in [0.05, 0.1) is 0 Å². The SMILES string of the molecule is Cc1ccc(OP(=O)(Nc2ccc(C)c(C)c2)Oc2ccc(C)cc2)cc1. The standard InChI is InChI=1S/C22H24NO3P/c1-16-5-11-21(12-6-16)25-27(24,26-22-13-7-17(2)8-14-22)23-20-10-9-18(3)19(4)15-20/h5-15H,1-4H3,(H,23,24). The molecule has 0 unspecified atom stereocenters. The lowest BCUT2D eigenvalue weighted by atomic mass is 10.1. The molecule has 0 heterocycles. The smallest absolute Gasteiger partial charge is 0.400 e. The molecule has 0 bridgehead atoms. The molecule has 0 amide bonds. The van der Waals surface area contributed by atoms with Gasteiger partial charge in [-0.2, -0.15) is 0 Å². The van der Waals surface area contributed by atoms with E-state index in [1.807, 2.05) is 70.2 Å². The highest BCUT2D eigenvalue weighted by atomic mass is 31.2. The molecule has 3 aromatic carbocycles. The largest absolute Gasteiger partial charge is 0.541 e. The molecular formula is C22H24NO3P. The van der Waals surface area contributed by atoms with Gasteiger partial charge in [0.15, 0.2) is 0 Å². The first-order chi connectivity index (χ1) is 12.8. The summed E-state index contributed by atoms with van der Waals surface area (Å²) in [6.45, 7) is 8.01. The van der Waals surface area contributed by atoms with Crippen molar-refractivity contribution in [2.45, 2.75) is 27.7 Å². The predicted molar refractivity (Wildman–Crippen MR) is 111 cm³/mol. The number of rotatable bonds is 6. The molecule has 0 aliphatic rings. The molecule has 0 atom stereocenters. The van der Waals surface area contributed by atoms with Gasteiger partial charge in [-0.15, -0.1) is 0 Å². The molecule has 4 nitrogen and oxygen atoms in total. The predicted octanol–water partition coefficient (Wildman–Crippen LogP) is 6.60. The van der Waals surface area contributed by atoms with Gasteiger partial charge in [-0.3, -0.25) is 5.09 Å². The third kappa shape index (κ3) is 5.15. The minimum Gasteiger partial charge on any atom is -0.400 e. The van der Waals surface area contributed by atoms with E-state index < -0.39 is 7.75 Å². The zero-order valence-electron chi connectivity index (χ0n) is 16.0. The van der Waals surface area contributed by atoms with Crippen molar-refractivity contribution in [3.05, 3.63) is 89.0 Å². The van der Waals surface area contributed by atoms with Crippen LogP contribution in [-0.2, 0) is 4.57 Å². The van der Waals surface area contributed by atoms with E-state index in [9.17, 15) is 4.57 Å². The van der Waals surface area contributed by atoms with E-state index in [-0.39, 0.29) is 0 Å². The molecule has 0 radical (unpaired) electrons. The number of hydrogen-bond donors (Lipinski definition) is 1. The fourth-order valence-electron chi connectivity index (χ4n) is 2.51. The summed E-state index contributed by atoms with van der Waals surface area (Å²) in [5.74, 6) is 0.958. The molecule has 140 valence electrons. The highest BCUT2D eigenvalue weighted by Crippen LogP contribution is 2.48. The molecule has 0 aromatic heterocycles. The summed E-state index contributed by atoms with van der Waals surface area (Å²) in [7, 11) is -3.70. The lowest BCUT2D eigenvalue weighted by Crippen LogP contribution is -2.10. The fourth-order valence-corrected chi connectivity index (χ4v) is 3.89. The molecule has 0 fully saturated rings. The summed E-state index contributed by atoms with van der Waals surface area (Å²) >= 11 is 0. The van der Waals surface area contributed by atoms with Gasteiger partial charge in [0.1, 0.15) is 11.5 Å². The van der Waals surface area contributed by atoms with Crippen molar-refractivity contribution in [1.29, 1.82) is 0 Å². The van der Waals surface area contributed by atoms with E-state index in [0.717, 1.165) is 22.3 Å². The second kappa shape index (κ2) is 7.89. The minimum atomic E-state index is -3.70. The highest BCUT2D eigenvalue weighted by Gasteiger charge is 2.29. The first kappa shape index (κ1) is 19.1. The molecule has 1 N–H and O–H groups in total. The molecule has 0 spiro atoms. The van der Waals surface area contributed by atoms with E-state index in [1.165, 1.54) is 0 Å². The average Bonchev–Trinajstić information content (AvgIpc) is 2.62. The van der Waals surface area contributed by atoms with Crippen LogP contribution in [0, 0.1) is 27.7 Å². The highest BCUT2D eigenvalue weighted by molar-refractivity contribution is 7.56. The van der Waals surface area contributed by atoms with E-state index >= 15 is 0 Å². The molecule has 0 aliphatic heterocycles. The third-order valence-corrected chi connectivity index (χ3v) is 5.70. The van der Waals surface area contributed by atoms with E-state index in [4.69, 9.17) is 9.05 Å². The zero-order chi connectivity index (χ0) is 19.4. The summed E-state index contributed by atoms with van der Waals surface area (Å²) < 4.78 is 25.1. The van der Waals surface area contributed by atoms with Crippen LogP contribution in [0.15, 0.2) is 66.7 Å². The van der Waals surface area contributed by atoms with Gasteiger partial charge in [-0.25, -0.2) is 4.57 Å². The van der Waals surface area contributed by atoms with Crippen LogP contribution in [0.25, 0.3) is 0 Å². The Kier molecular flexibility index (Phi) is 5.57. The van der Waals surface area contributed by atoms with Crippen molar-refractivity contribution in [3.63, 3.8) is 0 Å². The number of anilines is 1. The van der Waals surface area contributed by atoms with Crippen LogP contribution < -0.4 is 14.1 Å². The minimum absolute atomic E-state index is 0.479. The molecule has 3 aromatic rings. The van der Waals surface area contributed by atoms with Crippen LogP contribution in [0.5, 0.6) is 11.5 Å². The van der Waals surface area contributed by atoms with Gasteiger partial charge in [0.25, 0.3) is 0 Å². The second-order valence-corrected chi connectivity index (χ2v) is 8.30. The lowest BCUT2D eigenvalue weighted by Gasteiger charge is -2.21. The van der Waals surface area contributed by atoms with Crippen molar-refractivity contribution in [2.24, 2.45) is 0 Å². The Balaban J connectivity index is 1.90. The van der Waals surface area contributed by atoms with Crippen molar-refractivity contribution in [2.75, 3.05) is 5.09 Å². The van der Waals surface area contributed by atoms with Gasteiger partial charge in [0.2, 0.25) is 0 Å². The van der Waals surface area contributed by atoms with E-state index in [0.29, 0.717) is 17.2 Å². The van der Waals surface area contributed by atoms with Crippen LogP contribution >= 0.6 is 7.75 Å². The van der Waals surface area contributed by atoms with Crippen LogP contribution in [0.1, 0.15) is 22.3 Å². The topological polar surface area (TPSA) is 47.6 Å². The van der Waals surface area contributed by atoms with Crippen molar-refractivity contribution in [3.8, 4) is 11.5 Å². The van der Waals surface area contributed by atoms with Gasteiger partial charge in [0, 0.05) is 5.69 Å². The van der Waals surface area contributed by atoms with E-state index in [1.54, 1.807) is 24.3 Å². The van der Waals surface area contributed by atoms with E-state index in [2.05, 4.69) is 5.09 Å². The van der Waals surface area contributed by atoms with Gasteiger partial charge < -0.3 is 9.05 Å². The quantitative estimate of drug-likeness (QED) is 0.489. The molecule has 5 heteroatoms. The third-order valence-electron chi connectivity index (χ3n) is 4.27. The molecule has 0 saturated heterocycles. The van der Waals surface area contributed by atoms with Crippen LogP contribution in [0.2, 0.25) is 0 Å². The second-order valence-electron chi connectivity index (χ2n) is 6.72. The number of nitrogens with one attached hydrogen (secondary N) is 1. The Morgan fingerprint density at radius 3 is 1.59 bits per heavy atom. The Hall–Kier alpha value is -2.71. The molecular weight excluding hydrogens is 357 g/mol. The van der Waals surface area contributed by atoms with Crippen molar-refractivity contribution in [1.82, 2.24) is 0 Å². The zero-order valence-corrected chi connectivity index (χ0v) is 16.9. The van der Waals surface area contributed by atoms with Gasteiger partial charge in [-0.1, -0.05) is 41.5 Å². The first-order valence-corrected chi connectivity index (χ1v) is 10.4. The fraction of sp³-hybridized carbons (Fsp3) is 0.182. The van der Waals surface area contributed by atoms with Crippen LogP contribution in [-0.4, -0.2) is 0 Å². The van der Waals surface area contributed by atoms with Gasteiger partial charge in [-0.05, 0) is 75.2 Å². The van der Waals surface area contributed by atoms with Crippen LogP contribution in [0.3, 0.4) is 0 Å². The average molecular weight is 381 g/mol. The molecule has 0 aliphatic carbocycles. The Bertz CT molecular complexity index is 914. The Morgan fingerprint density at radius 2 is 1.15 bits per heavy atom. The monoisotopic (exact) mass is 381 g/mol. The Labute approximate surface area is 160 Å². The molecule has 27 heavy (non-hydrogen) atoms. The molecule has 3 rings (SSSR count). The maximum Gasteiger partial charge on any atom is 0.541 e. The summed E-state index contributed by atoms with van der Waals surface area (Å²) in [5.41, 5.74) is 5.13. The van der Waals surface area contributed by atoms with Crippen molar-refractivity contribution >= 4 is 13.4 Å². The normalized spacial score (nSPS) is 11.1. The summed E-state index contributed by atoms with van der Waals surface area (Å²) in [4.78, 5) is 0. The summed E-state index contributed by atoms with van der Waals surface area (Å²) in [5, 5.41) is 2.96. The number of aryl methyl sites for hydroxylation is 4. The number of hydrogen-bond acceptors (Lipinski definition) is 3.